The quantitative estimate of drug-likeness (QED) is 0.662. The molecule has 0 saturated heterocycles. The van der Waals surface area contributed by atoms with Gasteiger partial charge in [0.2, 0.25) is 0 Å². The van der Waals surface area contributed by atoms with E-state index < -0.39 is 23.4 Å². The lowest BCUT2D eigenvalue weighted by Crippen LogP contribution is -2.12. The van der Waals surface area contributed by atoms with Gasteiger partial charge in [-0.05, 0) is 11.4 Å². The maximum absolute atomic E-state index is 13.1. The number of aliphatic hydroxyl groups excluding tert-OH is 1. The minimum absolute atomic E-state index is 0.203. The molecular formula is C14H8F3NO2S. The summed E-state index contributed by atoms with van der Waals surface area (Å²) in [5.41, 5.74) is 0.181. The molecule has 0 aliphatic rings. The largest absolute Gasteiger partial charge is 0.384 e. The topological polar surface area (TPSA) is 49.3 Å². The predicted octanol–water partition coefficient (Wildman–Crippen LogP) is 2.76. The van der Waals surface area contributed by atoms with Gasteiger partial charge in [-0.1, -0.05) is 11.8 Å². The summed E-state index contributed by atoms with van der Waals surface area (Å²) in [7, 11) is 0. The molecule has 0 saturated carbocycles. The van der Waals surface area contributed by atoms with E-state index in [0.717, 1.165) is 11.3 Å². The average Bonchev–Trinajstić information content (AvgIpc) is 2.90. The molecule has 0 spiro atoms. The Labute approximate surface area is 122 Å². The molecule has 2 rings (SSSR count). The fraction of sp³-hybridized carbons (Fsp3) is 0.0714. The lowest BCUT2D eigenvalue weighted by molar-refractivity contribution is 0.103. The molecule has 1 amide bonds. The summed E-state index contributed by atoms with van der Waals surface area (Å²) >= 11 is 1.08. The molecule has 21 heavy (non-hydrogen) atoms. The van der Waals surface area contributed by atoms with Gasteiger partial charge in [0.25, 0.3) is 5.91 Å². The van der Waals surface area contributed by atoms with Crippen molar-refractivity contribution in [3.05, 3.63) is 51.5 Å². The SMILES string of the molecule is O=C(Nc1cc(F)c(F)c(F)c1)c1sccc1C#CCO. The van der Waals surface area contributed by atoms with Crippen LogP contribution in [0.4, 0.5) is 18.9 Å². The number of nitrogens with one attached hydrogen (secondary N) is 1. The third kappa shape index (κ3) is 3.42. The van der Waals surface area contributed by atoms with Crippen molar-refractivity contribution in [2.45, 2.75) is 0 Å². The monoisotopic (exact) mass is 311 g/mol. The summed E-state index contributed by atoms with van der Waals surface area (Å²) < 4.78 is 39.0. The maximum atomic E-state index is 13.1. The second-order valence-corrected chi connectivity index (χ2v) is 4.75. The minimum atomic E-state index is -1.60. The lowest BCUT2D eigenvalue weighted by atomic mass is 10.2. The summed E-state index contributed by atoms with van der Waals surface area (Å²) in [6.07, 6.45) is 0. The number of benzene rings is 1. The number of hydrogen-bond acceptors (Lipinski definition) is 3. The highest BCUT2D eigenvalue weighted by Crippen LogP contribution is 2.21. The van der Waals surface area contributed by atoms with Crippen LogP contribution in [0.2, 0.25) is 0 Å². The molecule has 0 aliphatic carbocycles. The molecule has 0 unspecified atom stereocenters. The standard InChI is InChI=1S/C14H8F3NO2S/c15-10-6-9(7-11(16)12(10)17)18-14(20)13-8(2-1-4-19)3-5-21-13/h3,5-7,19H,4H2,(H,18,20). The number of aliphatic hydroxyl groups is 1. The van der Waals surface area contributed by atoms with E-state index in [2.05, 4.69) is 17.2 Å². The minimum Gasteiger partial charge on any atom is -0.384 e. The molecule has 1 aromatic heterocycles. The van der Waals surface area contributed by atoms with Crippen molar-refractivity contribution < 1.29 is 23.1 Å². The van der Waals surface area contributed by atoms with Crippen LogP contribution in [-0.4, -0.2) is 17.6 Å². The van der Waals surface area contributed by atoms with Crippen molar-refractivity contribution in [2.24, 2.45) is 0 Å². The average molecular weight is 311 g/mol. The van der Waals surface area contributed by atoms with Crippen LogP contribution >= 0.6 is 11.3 Å². The highest BCUT2D eigenvalue weighted by atomic mass is 32.1. The van der Waals surface area contributed by atoms with E-state index in [1.54, 1.807) is 11.4 Å². The summed E-state index contributed by atoms with van der Waals surface area (Å²) in [5.74, 6) is -0.0284. The molecule has 0 aliphatic heterocycles. The van der Waals surface area contributed by atoms with E-state index in [4.69, 9.17) is 5.11 Å². The number of halogens is 3. The molecule has 0 fully saturated rings. The first-order valence-electron chi connectivity index (χ1n) is 5.66. The van der Waals surface area contributed by atoms with Crippen molar-refractivity contribution >= 4 is 22.9 Å². The Bertz CT molecular complexity index is 723. The molecule has 108 valence electrons. The molecule has 0 radical (unpaired) electrons. The lowest BCUT2D eigenvalue weighted by Gasteiger charge is -2.05. The molecule has 0 bridgehead atoms. The predicted molar refractivity (Wildman–Crippen MR) is 72.6 cm³/mol. The third-order valence-electron chi connectivity index (χ3n) is 2.42. The highest BCUT2D eigenvalue weighted by Gasteiger charge is 2.15. The summed E-state index contributed by atoms with van der Waals surface area (Å²) in [5, 5.41) is 12.5. The molecule has 3 nitrogen and oxygen atoms in total. The first-order valence-corrected chi connectivity index (χ1v) is 6.54. The van der Waals surface area contributed by atoms with Gasteiger partial charge in [0.05, 0.1) is 0 Å². The smallest absolute Gasteiger partial charge is 0.267 e. The Balaban J connectivity index is 2.25. The normalized spacial score (nSPS) is 9.90. The van der Waals surface area contributed by atoms with Gasteiger partial charge in [-0.15, -0.1) is 11.3 Å². The Morgan fingerprint density at radius 3 is 2.57 bits per heavy atom. The van der Waals surface area contributed by atoms with E-state index in [1.807, 2.05) is 0 Å². The number of carbonyl (C=O) groups is 1. The van der Waals surface area contributed by atoms with Gasteiger partial charge in [0.1, 0.15) is 11.5 Å². The van der Waals surface area contributed by atoms with Crippen LogP contribution in [0.5, 0.6) is 0 Å². The van der Waals surface area contributed by atoms with Crippen LogP contribution in [0.15, 0.2) is 23.6 Å². The number of carbonyl (C=O) groups excluding carboxylic acids is 1. The molecule has 1 aromatic carbocycles. The zero-order chi connectivity index (χ0) is 15.4. The number of anilines is 1. The van der Waals surface area contributed by atoms with Gasteiger partial charge in [-0.3, -0.25) is 4.79 Å². The van der Waals surface area contributed by atoms with Crippen molar-refractivity contribution in [2.75, 3.05) is 11.9 Å². The van der Waals surface area contributed by atoms with E-state index in [-0.39, 0.29) is 17.2 Å². The second-order valence-electron chi connectivity index (χ2n) is 3.83. The molecule has 1 heterocycles. The third-order valence-corrected chi connectivity index (χ3v) is 3.33. The fourth-order valence-electron chi connectivity index (χ4n) is 1.53. The molecular weight excluding hydrogens is 303 g/mol. The highest BCUT2D eigenvalue weighted by molar-refractivity contribution is 7.12. The summed E-state index contributed by atoms with van der Waals surface area (Å²) in [6.45, 7) is -0.356. The van der Waals surface area contributed by atoms with E-state index >= 15 is 0 Å². The van der Waals surface area contributed by atoms with Crippen LogP contribution in [0.25, 0.3) is 0 Å². The van der Waals surface area contributed by atoms with Crippen LogP contribution < -0.4 is 5.32 Å². The Morgan fingerprint density at radius 1 is 1.29 bits per heavy atom. The summed E-state index contributed by atoms with van der Waals surface area (Å²) in [6, 6.07) is 2.94. The van der Waals surface area contributed by atoms with Crippen molar-refractivity contribution in [1.29, 1.82) is 0 Å². The van der Waals surface area contributed by atoms with Crippen LogP contribution in [0, 0.1) is 29.3 Å². The van der Waals surface area contributed by atoms with Gasteiger partial charge in [-0.2, -0.15) is 0 Å². The van der Waals surface area contributed by atoms with E-state index in [9.17, 15) is 18.0 Å². The van der Waals surface area contributed by atoms with Crippen molar-refractivity contribution in [1.82, 2.24) is 0 Å². The van der Waals surface area contributed by atoms with Gasteiger partial charge < -0.3 is 10.4 Å². The Hall–Kier alpha value is -2.30. The van der Waals surface area contributed by atoms with Gasteiger partial charge in [0.15, 0.2) is 17.5 Å². The second kappa shape index (κ2) is 6.43. The van der Waals surface area contributed by atoms with Crippen LogP contribution in [-0.2, 0) is 0 Å². The van der Waals surface area contributed by atoms with Crippen LogP contribution in [0.3, 0.4) is 0 Å². The number of hydrogen-bond donors (Lipinski definition) is 2. The molecule has 2 N–H and O–H groups in total. The first-order chi connectivity index (χ1) is 10.0. The summed E-state index contributed by atoms with van der Waals surface area (Å²) in [4.78, 5) is 12.2. The Morgan fingerprint density at radius 2 is 1.95 bits per heavy atom. The number of amides is 1. The van der Waals surface area contributed by atoms with Crippen LogP contribution in [0.1, 0.15) is 15.2 Å². The Kier molecular flexibility index (Phi) is 4.62. The van der Waals surface area contributed by atoms with Gasteiger partial charge in [0, 0.05) is 23.4 Å². The zero-order valence-electron chi connectivity index (χ0n) is 10.4. The van der Waals surface area contributed by atoms with Gasteiger partial charge >= 0.3 is 0 Å². The van der Waals surface area contributed by atoms with Gasteiger partial charge in [-0.25, -0.2) is 13.2 Å². The first kappa shape index (κ1) is 15.1. The molecule has 0 atom stereocenters. The zero-order valence-corrected chi connectivity index (χ0v) is 11.2. The fourth-order valence-corrected chi connectivity index (χ4v) is 2.28. The van der Waals surface area contributed by atoms with Crippen molar-refractivity contribution in [3.8, 4) is 11.8 Å². The van der Waals surface area contributed by atoms with Crippen molar-refractivity contribution in [3.63, 3.8) is 0 Å². The van der Waals surface area contributed by atoms with E-state index in [1.165, 1.54) is 0 Å². The molecule has 7 heteroatoms. The van der Waals surface area contributed by atoms with E-state index in [0.29, 0.717) is 17.7 Å². The number of rotatable bonds is 2. The maximum Gasteiger partial charge on any atom is 0.267 e. The number of thiophene rings is 1. The molecule has 2 aromatic rings.